The molecule has 1 aromatic carbocycles. The Labute approximate surface area is 128 Å². The summed E-state index contributed by atoms with van der Waals surface area (Å²) >= 11 is 3.09. The van der Waals surface area contributed by atoms with Crippen molar-refractivity contribution in [2.45, 2.75) is 24.5 Å². The molecular weight excluding hydrogens is 357 g/mol. The molecule has 0 aliphatic carbocycles. The molecule has 0 saturated carbocycles. The first-order valence-corrected chi connectivity index (χ1v) is 6.58. The second kappa shape index (κ2) is 6.87. The molecular formula is C13H14BrF3O4. The van der Waals surface area contributed by atoms with E-state index in [0.29, 0.717) is 4.47 Å². The van der Waals surface area contributed by atoms with Crippen LogP contribution in [0.25, 0.3) is 0 Å². The summed E-state index contributed by atoms with van der Waals surface area (Å²) in [7, 11) is 2.25. The number of alkyl halides is 3. The molecule has 0 amide bonds. The van der Waals surface area contributed by atoms with Gasteiger partial charge in [-0.3, -0.25) is 4.79 Å². The molecule has 0 bridgehead atoms. The van der Waals surface area contributed by atoms with Gasteiger partial charge in [-0.05, 0) is 17.7 Å². The Morgan fingerprint density at radius 1 is 1.24 bits per heavy atom. The van der Waals surface area contributed by atoms with Crippen LogP contribution >= 0.6 is 15.9 Å². The van der Waals surface area contributed by atoms with Gasteiger partial charge in [-0.15, -0.1) is 0 Å². The number of hydrogen-bond acceptors (Lipinski definition) is 4. The first kappa shape index (κ1) is 18.1. The fraction of sp³-hybridized carbons (Fsp3) is 0.462. The fourth-order valence-corrected chi connectivity index (χ4v) is 2.05. The predicted molar refractivity (Wildman–Crippen MR) is 71.5 cm³/mol. The predicted octanol–water partition coefficient (Wildman–Crippen LogP) is 2.78. The maximum absolute atomic E-state index is 13.2. The van der Waals surface area contributed by atoms with Gasteiger partial charge in [0.15, 0.2) is 11.4 Å². The minimum absolute atomic E-state index is 0.433. The number of methoxy groups -OCH3 is 2. The summed E-state index contributed by atoms with van der Waals surface area (Å²) in [5.74, 6) is -1.01. The number of benzene rings is 1. The Morgan fingerprint density at radius 2 is 1.71 bits per heavy atom. The highest BCUT2D eigenvalue weighted by atomic mass is 79.9. The maximum Gasteiger partial charge on any atom is 0.421 e. The Balaban J connectivity index is 3.17. The first-order valence-electron chi connectivity index (χ1n) is 5.79. The number of Topliss-reactive ketones (excluding diaryl/α,β-unsaturated/α-hetero) is 1. The lowest BCUT2D eigenvalue weighted by molar-refractivity contribution is -0.269. The molecule has 0 aromatic heterocycles. The van der Waals surface area contributed by atoms with Crippen molar-refractivity contribution >= 4 is 21.7 Å². The van der Waals surface area contributed by atoms with Crippen LogP contribution in [0.4, 0.5) is 13.2 Å². The van der Waals surface area contributed by atoms with Gasteiger partial charge in [-0.1, -0.05) is 28.1 Å². The van der Waals surface area contributed by atoms with Crippen molar-refractivity contribution in [3.63, 3.8) is 0 Å². The highest BCUT2D eigenvalue weighted by Gasteiger charge is 2.56. The van der Waals surface area contributed by atoms with E-state index in [9.17, 15) is 23.1 Å². The number of aliphatic hydroxyl groups is 1. The zero-order chi connectivity index (χ0) is 16.3. The lowest BCUT2D eigenvalue weighted by atomic mass is 9.87. The number of carbonyl (C=O) groups is 1. The van der Waals surface area contributed by atoms with Gasteiger partial charge in [-0.25, -0.2) is 0 Å². The summed E-state index contributed by atoms with van der Waals surface area (Å²) < 4.78 is 49.5. The van der Waals surface area contributed by atoms with Crippen LogP contribution in [0.5, 0.6) is 0 Å². The fourth-order valence-electron chi connectivity index (χ4n) is 1.79. The van der Waals surface area contributed by atoms with E-state index in [1.54, 1.807) is 0 Å². The molecule has 1 N–H and O–H groups in total. The molecule has 1 rings (SSSR count). The summed E-state index contributed by atoms with van der Waals surface area (Å²) in [5.41, 5.74) is -3.74. The molecule has 0 fully saturated rings. The van der Waals surface area contributed by atoms with Crippen LogP contribution in [0.15, 0.2) is 28.7 Å². The molecule has 4 nitrogen and oxygen atoms in total. The SMILES string of the molecule is COC(OC)C(=O)C[C@@](O)(c1ccc(Br)cc1)C(F)(F)F. The van der Waals surface area contributed by atoms with Crippen LogP contribution < -0.4 is 0 Å². The Morgan fingerprint density at radius 3 is 2.10 bits per heavy atom. The average molecular weight is 371 g/mol. The van der Waals surface area contributed by atoms with Crippen LogP contribution in [0.3, 0.4) is 0 Å². The monoisotopic (exact) mass is 370 g/mol. The average Bonchev–Trinajstić information content (AvgIpc) is 2.39. The minimum Gasteiger partial charge on any atom is -0.376 e. The summed E-state index contributed by atoms with van der Waals surface area (Å²) in [4.78, 5) is 11.8. The smallest absolute Gasteiger partial charge is 0.376 e. The van der Waals surface area contributed by atoms with Crippen LogP contribution in [0.2, 0.25) is 0 Å². The third-order valence-electron chi connectivity index (χ3n) is 2.91. The van der Waals surface area contributed by atoms with Crippen molar-refractivity contribution in [1.82, 2.24) is 0 Å². The van der Waals surface area contributed by atoms with E-state index in [-0.39, 0.29) is 0 Å². The third-order valence-corrected chi connectivity index (χ3v) is 3.44. The van der Waals surface area contributed by atoms with Crippen LogP contribution in [-0.2, 0) is 19.9 Å². The molecule has 0 aliphatic rings. The molecule has 1 aromatic rings. The number of ketones is 1. The molecule has 0 unspecified atom stereocenters. The van der Waals surface area contributed by atoms with Gasteiger partial charge in [0.1, 0.15) is 0 Å². The quantitative estimate of drug-likeness (QED) is 0.782. The normalized spacial score (nSPS) is 15.0. The largest absolute Gasteiger partial charge is 0.421 e. The van der Waals surface area contributed by atoms with Crippen molar-refractivity contribution in [3.8, 4) is 0 Å². The van der Waals surface area contributed by atoms with Gasteiger partial charge < -0.3 is 14.6 Å². The van der Waals surface area contributed by atoms with Crippen molar-refractivity contribution in [2.75, 3.05) is 14.2 Å². The summed E-state index contributed by atoms with van der Waals surface area (Å²) in [6.07, 6.45) is -7.69. The number of halogens is 4. The van der Waals surface area contributed by atoms with Crippen molar-refractivity contribution < 1.29 is 32.5 Å². The first-order chi connectivity index (χ1) is 9.65. The van der Waals surface area contributed by atoms with Gasteiger partial charge in [0.05, 0.1) is 6.42 Å². The van der Waals surface area contributed by atoms with Crippen LogP contribution in [-0.4, -0.2) is 37.6 Å². The second-order valence-electron chi connectivity index (χ2n) is 4.31. The number of hydrogen-bond donors (Lipinski definition) is 1. The molecule has 1 atom stereocenters. The molecule has 0 heterocycles. The lowest BCUT2D eigenvalue weighted by Gasteiger charge is -2.31. The minimum atomic E-state index is -5.03. The van der Waals surface area contributed by atoms with Gasteiger partial charge >= 0.3 is 6.18 Å². The molecule has 0 saturated heterocycles. The maximum atomic E-state index is 13.2. The van der Waals surface area contributed by atoms with Crippen molar-refractivity contribution in [2.24, 2.45) is 0 Å². The summed E-state index contributed by atoms with van der Waals surface area (Å²) in [6, 6.07) is 4.89. The van der Waals surface area contributed by atoms with Crippen molar-refractivity contribution in [3.05, 3.63) is 34.3 Å². The molecule has 0 aliphatic heterocycles. The standard InChI is InChI=1S/C13H14BrF3O4/c1-20-11(21-2)10(18)7-12(19,13(15,16)17)8-3-5-9(14)6-4-8/h3-6,11,19H,7H2,1-2H3/t12-/m1/s1. The number of ether oxygens (including phenoxy) is 2. The number of rotatable bonds is 6. The second-order valence-corrected chi connectivity index (χ2v) is 5.23. The Kier molecular flexibility index (Phi) is 5.92. The Bertz CT molecular complexity index is 485. The number of carbonyl (C=O) groups excluding carboxylic acids is 1. The zero-order valence-corrected chi connectivity index (χ0v) is 12.9. The molecule has 8 heteroatoms. The highest BCUT2D eigenvalue weighted by molar-refractivity contribution is 9.10. The van der Waals surface area contributed by atoms with Gasteiger partial charge in [0, 0.05) is 18.7 Å². The molecule has 0 spiro atoms. The van der Waals surface area contributed by atoms with Gasteiger partial charge in [0.2, 0.25) is 6.29 Å². The van der Waals surface area contributed by atoms with Gasteiger partial charge in [0.25, 0.3) is 0 Å². The molecule has 21 heavy (non-hydrogen) atoms. The van der Waals surface area contributed by atoms with E-state index in [2.05, 4.69) is 25.4 Å². The van der Waals surface area contributed by atoms with E-state index in [1.807, 2.05) is 0 Å². The van der Waals surface area contributed by atoms with E-state index >= 15 is 0 Å². The van der Waals surface area contributed by atoms with Crippen molar-refractivity contribution in [1.29, 1.82) is 0 Å². The Hall–Kier alpha value is -0.960. The zero-order valence-electron chi connectivity index (χ0n) is 11.3. The van der Waals surface area contributed by atoms with E-state index < -0.39 is 35.8 Å². The molecule has 0 radical (unpaired) electrons. The van der Waals surface area contributed by atoms with Crippen LogP contribution in [0.1, 0.15) is 12.0 Å². The topological polar surface area (TPSA) is 55.8 Å². The van der Waals surface area contributed by atoms with Crippen LogP contribution in [0, 0.1) is 0 Å². The van der Waals surface area contributed by atoms with E-state index in [1.165, 1.54) is 12.1 Å². The van der Waals surface area contributed by atoms with Gasteiger partial charge in [-0.2, -0.15) is 13.2 Å². The third kappa shape index (κ3) is 4.03. The summed E-state index contributed by atoms with van der Waals surface area (Å²) in [5, 5.41) is 10.0. The van der Waals surface area contributed by atoms with E-state index in [4.69, 9.17) is 0 Å². The molecule has 118 valence electrons. The highest BCUT2D eigenvalue weighted by Crippen LogP contribution is 2.42. The lowest BCUT2D eigenvalue weighted by Crippen LogP contribution is -2.46. The summed E-state index contributed by atoms with van der Waals surface area (Å²) in [6.45, 7) is 0. The van der Waals surface area contributed by atoms with E-state index in [0.717, 1.165) is 26.4 Å².